The number of piperidine rings is 1. The summed E-state index contributed by atoms with van der Waals surface area (Å²) in [6, 6.07) is 5.01. The zero-order valence-electron chi connectivity index (χ0n) is 11.4. The summed E-state index contributed by atoms with van der Waals surface area (Å²) in [5, 5.41) is 0. The van der Waals surface area contributed by atoms with Gasteiger partial charge in [0.2, 0.25) is 0 Å². The van der Waals surface area contributed by atoms with Crippen LogP contribution in [-0.2, 0) is 11.3 Å². The van der Waals surface area contributed by atoms with Crippen LogP contribution in [0.5, 0.6) is 0 Å². The molecule has 19 heavy (non-hydrogen) atoms. The van der Waals surface area contributed by atoms with Gasteiger partial charge in [-0.2, -0.15) is 0 Å². The number of benzene rings is 1. The number of nitrogens with zero attached hydrogens (tertiary/aromatic N) is 1. The standard InChI is InChI=1S/C15H21ClFNO/c1-12-2-3-14(17)10-13(12)11-18-7-4-15(5-8-18)19-9-6-16/h2-3,10,15H,4-9,11H2,1H3. The van der Waals surface area contributed by atoms with Crippen LogP contribution in [0.1, 0.15) is 24.0 Å². The number of ether oxygens (including phenoxy) is 1. The van der Waals surface area contributed by atoms with E-state index in [1.54, 1.807) is 6.07 Å². The van der Waals surface area contributed by atoms with Crippen LogP contribution in [0.4, 0.5) is 4.39 Å². The Hall–Kier alpha value is -0.640. The van der Waals surface area contributed by atoms with Crippen molar-refractivity contribution in [2.75, 3.05) is 25.6 Å². The van der Waals surface area contributed by atoms with E-state index in [2.05, 4.69) is 4.90 Å². The SMILES string of the molecule is Cc1ccc(F)cc1CN1CCC(OCCCl)CC1. The Morgan fingerprint density at radius 3 is 2.79 bits per heavy atom. The molecule has 0 aliphatic carbocycles. The number of rotatable bonds is 5. The first-order valence-corrected chi connectivity index (χ1v) is 7.37. The molecule has 0 bridgehead atoms. The quantitative estimate of drug-likeness (QED) is 0.769. The van der Waals surface area contributed by atoms with Crippen molar-refractivity contribution in [2.24, 2.45) is 0 Å². The molecule has 0 radical (unpaired) electrons. The van der Waals surface area contributed by atoms with Crippen LogP contribution >= 0.6 is 11.6 Å². The fraction of sp³-hybridized carbons (Fsp3) is 0.600. The minimum atomic E-state index is -0.152. The van der Waals surface area contributed by atoms with Gasteiger partial charge in [-0.05, 0) is 43.0 Å². The summed E-state index contributed by atoms with van der Waals surface area (Å²) in [7, 11) is 0. The van der Waals surface area contributed by atoms with Gasteiger partial charge >= 0.3 is 0 Å². The minimum Gasteiger partial charge on any atom is -0.377 e. The number of aryl methyl sites for hydroxylation is 1. The molecule has 0 amide bonds. The number of likely N-dealkylation sites (tertiary alicyclic amines) is 1. The monoisotopic (exact) mass is 285 g/mol. The van der Waals surface area contributed by atoms with E-state index in [1.165, 1.54) is 6.07 Å². The zero-order valence-corrected chi connectivity index (χ0v) is 12.1. The number of alkyl halides is 1. The Bertz CT molecular complexity index is 405. The van der Waals surface area contributed by atoms with Gasteiger partial charge in [0.15, 0.2) is 0 Å². The molecule has 0 saturated carbocycles. The van der Waals surface area contributed by atoms with Crippen LogP contribution in [-0.4, -0.2) is 36.6 Å². The Morgan fingerprint density at radius 2 is 2.11 bits per heavy atom. The maximum absolute atomic E-state index is 13.3. The largest absolute Gasteiger partial charge is 0.377 e. The smallest absolute Gasteiger partial charge is 0.123 e. The van der Waals surface area contributed by atoms with Gasteiger partial charge in [-0.1, -0.05) is 6.07 Å². The van der Waals surface area contributed by atoms with Crippen LogP contribution in [0.25, 0.3) is 0 Å². The molecule has 1 saturated heterocycles. The molecule has 4 heteroatoms. The van der Waals surface area contributed by atoms with Gasteiger partial charge in [0.05, 0.1) is 12.7 Å². The summed E-state index contributed by atoms with van der Waals surface area (Å²) in [5.74, 6) is 0.406. The molecule has 0 unspecified atom stereocenters. The number of hydrogen-bond acceptors (Lipinski definition) is 2. The van der Waals surface area contributed by atoms with Crippen molar-refractivity contribution in [1.29, 1.82) is 0 Å². The first-order valence-electron chi connectivity index (χ1n) is 6.84. The summed E-state index contributed by atoms with van der Waals surface area (Å²) in [6.45, 7) is 5.50. The van der Waals surface area contributed by atoms with Crippen LogP contribution < -0.4 is 0 Å². The first-order chi connectivity index (χ1) is 9.19. The third-order valence-corrected chi connectivity index (χ3v) is 3.82. The van der Waals surface area contributed by atoms with Crippen molar-refractivity contribution in [2.45, 2.75) is 32.4 Å². The molecule has 2 rings (SSSR count). The molecule has 0 aromatic heterocycles. The van der Waals surface area contributed by atoms with Crippen molar-refractivity contribution in [3.63, 3.8) is 0 Å². The van der Waals surface area contributed by atoms with Crippen molar-refractivity contribution >= 4 is 11.6 Å². The molecule has 1 aromatic carbocycles. The van der Waals surface area contributed by atoms with Gasteiger partial charge in [0, 0.05) is 25.5 Å². The van der Waals surface area contributed by atoms with E-state index in [4.69, 9.17) is 16.3 Å². The third-order valence-electron chi connectivity index (χ3n) is 3.67. The second kappa shape index (κ2) is 7.22. The summed E-state index contributed by atoms with van der Waals surface area (Å²) >= 11 is 5.62. The molecule has 0 N–H and O–H groups in total. The first kappa shape index (κ1) is 14.8. The fourth-order valence-corrected chi connectivity index (χ4v) is 2.59. The predicted octanol–water partition coefficient (Wildman–Crippen LogP) is 3.35. The predicted molar refractivity (Wildman–Crippen MR) is 76.1 cm³/mol. The minimum absolute atomic E-state index is 0.152. The molecule has 1 heterocycles. The van der Waals surface area contributed by atoms with Crippen molar-refractivity contribution < 1.29 is 9.13 Å². The Labute approximate surface area is 119 Å². The highest BCUT2D eigenvalue weighted by molar-refractivity contribution is 6.17. The Morgan fingerprint density at radius 1 is 1.37 bits per heavy atom. The molecule has 0 atom stereocenters. The van der Waals surface area contributed by atoms with Gasteiger partial charge in [-0.25, -0.2) is 4.39 Å². The summed E-state index contributed by atoms with van der Waals surface area (Å²) in [5.41, 5.74) is 2.24. The van der Waals surface area contributed by atoms with E-state index in [-0.39, 0.29) is 5.82 Å². The van der Waals surface area contributed by atoms with Crippen molar-refractivity contribution in [1.82, 2.24) is 4.90 Å². The van der Waals surface area contributed by atoms with Gasteiger partial charge in [0.25, 0.3) is 0 Å². The lowest BCUT2D eigenvalue weighted by atomic mass is 10.0. The Balaban J connectivity index is 1.83. The van der Waals surface area contributed by atoms with Crippen LogP contribution in [0.2, 0.25) is 0 Å². The molecule has 1 aliphatic rings. The molecule has 1 aromatic rings. The lowest BCUT2D eigenvalue weighted by Gasteiger charge is -2.32. The molecule has 0 spiro atoms. The summed E-state index contributed by atoms with van der Waals surface area (Å²) in [6.07, 6.45) is 2.40. The summed E-state index contributed by atoms with van der Waals surface area (Å²) < 4.78 is 18.9. The molecule has 106 valence electrons. The van der Waals surface area contributed by atoms with E-state index in [0.29, 0.717) is 18.6 Å². The summed E-state index contributed by atoms with van der Waals surface area (Å²) in [4.78, 5) is 2.36. The molecule has 1 aliphatic heterocycles. The zero-order chi connectivity index (χ0) is 13.7. The Kier molecular flexibility index (Phi) is 5.61. The van der Waals surface area contributed by atoms with E-state index < -0.39 is 0 Å². The van der Waals surface area contributed by atoms with E-state index >= 15 is 0 Å². The van der Waals surface area contributed by atoms with Crippen LogP contribution in [0.3, 0.4) is 0 Å². The maximum atomic E-state index is 13.3. The van der Waals surface area contributed by atoms with Crippen LogP contribution in [0, 0.1) is 12.7 Å². The highest BCUT2D eigenvalue weighted by atomic mass is 35.5. The second-order valence-corrected chi connectivity index (χ2v) is 5.48. The topological polar surface area (TPSA) is 12.5 Å². The van der Waals surface area contributed by atoms with Gasteiger partial charge in [-0.15, -0.1) is 11.6 Å². The maximum Gasteiger partial charge on any atom is 0.123 e. The van der Waals surface area contributed by atoms with Gasteiger partial charge in [0.1, 0.15) is 5.82 Å². The second-order valence-electron chi connectivity index (χ2n) is 5.11. The van der Waals surface area contributed by atoms with Crippen molar-refractivity contribution in [3.8, 4) is 0 Å². The van der Waals surface area contributed by atoms with Gasteiger partial charge < -0.3 is 4.74 Å². The average Bonchev–Trinajstić information content (AvgIpc) is 2.42. The number of halogens is 2. The normalized spacial score (nSPS) is 17.8. The van der Waals surface area contributed by atoms with E-state index in [9.17, 15) is 4.39 Å². The van der Waals surface area contributed by atoms with Crippen molar-refractivity contribution in [3.05, 3.63) is 35.1 Å². The van der Waals surface area contributed by atoms with E-state index in [0.717, 1.165) is 43.6 Å². The third kappa shape index (κ3) is 4.44. The van der Waals surface area contributed by atoms with Gasteiger partial charge in [-0.3, -0.25) is 4.90 Å². The highest BCUT2D eigenvalue weighted by Gasteiger charge is 2.19. The van der Waals surface area contributed by atoms with E-state index in [1.807, 2.05) is 13.0 Å². The lowest BCUT2D eigenvalue weighted by Crippen LogP contribution is -2.37. The molecular formula is C15H21ClFNO. The number of hydrogen-bond donors (Lipinski definition) is 0. The van der Waals surface area contributed by atoms with Crippen LogP contribution in [0.15, 0.2) is 18.2 Å². The molecule has 1 fully saturated rings. The fourth-order valence-electron chi connectivity index (χ4n) is 2.50. The molecular weight excluding hydrogens is 265 g/mol. The highest BCUT2D eigenvalue weighted by Crippen LogP contribution is 2.18. The molecule has 2 nitrogen and oxygen atoms in total. The average molecular weight is 286 g/mol. The lowest BCUT2D eigenvalue weighted by molar-refractivity contribution is 0.0134.